The van der Waals surface area contributed by atoms with Crippen LogP contribution >= 0.6 is 23.2 Å². The highest BCUT2D eigenvalue weighted by molar-refractivity contribution is 6.35. The van der Waals surface area contributed by atoms with Gasteiger partial charge < -0.3 is 19.1 Å². The fourth-order valence-electron chi connectivity index (χ4n) is 2.99. The molecular formula is C23H22Cl2N2O4. The third-order valence-electron chi connectivity index (χ3n) is 4.49. The first-order chi connectivity index (χ1) is 14.9. The number of ether oxygens (including phenoxy) is 2. The second-order valence-corrected chi connectivity index (χ2v) is 7.68. The summed E-state index contributed by atoms with van der Waals surface area (Å²) in [5.41, 5.74) is -0.110. The van der Waals surface area contributed by atoms with Crippen molar-refractivity contribution >= 4 is 35.2 Å². The Morgan fingerprint density at radius 1 is 1.23 bits per heavy atom. The molecule has 1 aromatic heterocycles. The third-order valence-corrected chi connectivity index (χ3v) is 5.04. The lowest BCUT2D eigenvalue weighted by atomic mass is 9.94. The van der Waals surface area contributed by atoms with E-state index in [1.165, 1.54) is 6.08 Å². The van der Waals surface area contributed by atoms with E-state index in [0.29, 0.717) is 28.0 Å². The van der Waals surface area contributed by atoms with Crippen molar-refractivity contribution in [3.8, 4) is 5.75 Å². The van der Waals surface area contributed by atoms with Crippen LogP contribution in [0.1, 0.15) is 18.1 Å². The molecule has 0 radical (unpaired) electrons. The average molecular weight is 461 g/mol. The number of aromatic nitrogens is 2. The molecule has 1 heterocycles. The molecule has 1 atom stereocenters. The van der Waals surface area contributed by atoms with Crippen molar-refractivity contribution in [3.05, 3.63) is 88.4 Å². The molecule has 1 N–H and O–H groups in total. The predicted octanol–water partition coefficient (Wildman–Crippen LogP) is 4.73. The van der Waals surface area contributed by atoms with Gasteiger partial charge in [0.1, 0.15) is 18.0 Å². The lowest BCUT2D eigenvalue weighted by Gasteiger charge is -2.30. The van der Waals surface area contributed by atoms with Crippen molar-refractivity contribution in [3.63, 3.8) is 0 Å². The van der Waals surface area contributed by atoms with Gasteiger partial charge in [0.2, 0.25) is 0 Å². The van der Waals surface area contributed by atoms with E-state index in [9.17, 15) is 9.90 Å². The van der Waals surface area contributed by atoms with Gasteiger partial charge in [0, 0.05) is 34.1 Å². The molecule has 162 valence electrons. The van der Waals surface area contributed by atoms with Crippen LogP contribution in [-0.2, 0) is 21.7 Å². The minimum Gasteiger partial charge on any atom is -0.490 e. The third kappa shape index (κ3) is 6.34. The number of esters is 1. The molecule has 2 aromatic carbocycles. The molecule has 3 aromatic rings. The second-order valence-electron chi connectivity index (χ2n) is 6.83. The van der Waals surface area contributed by atoms with E-state index < -0.39 is 11.6 Å². The van der Waals surface area contributed by atoms with Gasteiger partial charge >= 0.3 is 5.97 Å². The van der Waals surface area contributed by atoms with Crippen LogP contribution in [0.15, 0.2) is 67.3 Å². The fraction of sp³-hybridized carbons (Fsp3) is 0.217. The Morgan fingerprint density at radius 3 is 2.65 bits per heavy atom. The molecule has 3 rings (SSSR count). The monoisotopic (exact) mass is 460 g/mol. The van der Waals surface area contributed by atoms with Crippen LogP contribution < -0.4 is 4.74 Å². The summed E-state index contributed by atoms with van der Waals surface area (Å²) < 4.78 is 12.5. The van der Waals surface area contributed by atoms with E-state index >= 15 is 0 Å². The molecule has 0 aliphatic carbocycles. The van der Waals surface area contributed by atoms with E-state index in [4.69, 9.17) is 32.7 Å². The standard InChI is InChI=1S/C23H22Cl2N2O4/c1-2-30-22(28)10-5-17-3-7-19(8-4-17)31-15-23(29,14-27-12-11-26-16-27)20-9-6-18(24)13-21(20)25/h3-13,16,29H,2,14-15H2,1H3/b10-5+. The maximum absolute atomic E-state index is 11.5. The van der Waals surface area contributed by atoms with Gasteiger partial charge in [-0.25, -0.2) is 9.78 Å². The van der Waals surface area contributed by atoms with Crippen LogP contribution in [0.3, 0.4) is 0 Å². The zero-order valence-electron chi connectivity index (χ0n) is 16.9. The van der Waals surface area contributed by atoms with Gasteiger partial charge in [0.15, 0.2) is 0 Å². The van der Waals surface area contributed by atoms with E-state index in [-0.39, 0.29) is 13.2 Å². The maximum Gasteiger partial charge on any atom is 0.330 e. The first kappa shape index (κ1) is 22.9. The Hall–Kier alpha value is -2.80. The first-order valence-corrected chi connectivity index (χ1v) is 10.4. The summed E-state index contributed by atoms with van der Waals surface area (Å²) in [6, 6.07) is 12.1. The zero-order valence-corrected chi connectivity index (χ0v) is 18.4. The van der Waals surface area contributed by atoms with Crippen molar-refractivity contribution in [2.45, 2.75) is 19.1 Å². The highest BCUT2D eigenvalue weighted by Crippen LogP contribution is 2.33. The lowest BCUT2D eigenvalue weighted by Crippen LogP contribution is -2.38. The van der Waals surface area contributed by atoms with Gasteiger partial charge in [-0.2, -0.15) is 0 Å². The van der Waals surface area contributed by atoms with Crippen LogP contribution in [0.4, 0.5) is 0 Å². The Balaban J connectivity index is 1.75. The second kappa shape index (κ2) is 10.5. The number of hydrogen-bond acceptors (Lipinski definition) is 5. The Labute approximate surface area is 190 Å². The first-order valence-electron chi connectivity index (χ1n) is 9.61. The van der Waals surface area contributed by atoms with Gasteiger partial charge in [-0.3, -0.25) is 0 Å². The number of benzene rings is 2. The van der Waals surface area contributed by atoms with Crippen LogP contribution in [0.25, 0.3) is 6.08 Å². The molecule has 0 fully saturated rings. The minimum atomic E-state index is -1.43. The summed E-state index contributed by atoms with van der Waals surface area (Å²) in [6.07, 6.45) is 8.02. The van der Waals surface area contributed by atoms with Crippen molar-refractivity contribution in [2.24, 2.45) is 0 Å². The number of carbonyl (C=O) groups excluding carboxylic acids is 1. The summed E-state index contributed by atoms with van der Waals surface area (Å²) in [5.74, 6) is 0.162. The number of imidazole rings is 1. The molecule has 31 heavy (non-hydrogen) atoms. The van der Waals surface area contributed by atoms with Crippen molar-refractivity contribution < 1.29 is 19.4 Å². The zero-order chi connectivity index (χ0) is 22.3. The number of aliphatic hydroxyl groups is 1. The van der Waals surface area contributed by atoms with E-state index in [0.717, 1.165) is 5.56 Å². The number of nitrogens with zero attached hydrogens (tertiary/aromatic N) is 2. The highest BCUT2D eigenvalue weighted by Gasteiger charge is 2.33. The minimum absolute atomic E-state index is 0.0510. The normalized spacial score (nSPS) is 13.2. The molecule has 0 saturated carbocycles. The highest BCUT2D eigenvalue weighted by atomic mass is 35.5. The number of rotatable bonds is 9. The summed E-state index contributed by atoms with van der Waals surface area (Å²) >= 11 is 12.4. The summed E-state index contributed by atoms with van der Waals surface area (Å²) in [5, 5.41) is 12.3. The molecule has 0 bridgehead atoms. The molecule has 0 spiro atoms. The van der Waals surface area contributed by atoms with Gasteiger partial charge in [-0.15, -0.1) is 0 Å². The molecule has 8 heteroatoms. The Kier molecular flexibility index (Phi) is 7.74. The number of hydrogen-bond donors (Lipinski definition) is 1. The van der Waals surface area contributed by atoms with E-state index in [1.807, 2.05) is 0 Å². The van der Waals surface area contributed by atoms with Crippen molar-refractivity contribution in [1.82, 2.24) is 9.55 Å². The SMILES string of the molecule is CCOC(=O)/C=C/c1ccc(OCC(O)(Cn2ccnc2)c2ccc(Cl)cc2Cl)cc1. The van der Waals surface area contributed by atoms with E-state index in [1.54, 1.807) is 78.8 Å². The van der Waals surface area contributed by atoms with Crippen molar-refractivity contribution in [1.29, 1.82) is 0 Å². The van der Waals surface area contributed by atoms with Gasteiger partial charge in [0.25, 0.3) is 0 Å². The molecule has 6 nitrogen and oxygen atoms in total. The van der Waals surface area contributed by atoms with E-state index in [2.05, 4.69) is 4.98 Å². The van der Waals surface area contributed by atoms with Gasteiger partial charge in [-0.05, 0) is 42.8 Å². The van der Waals surface area contributed by atoms with Crippen molar-refractivity contribution in [2.75, 3.05) is 13.2 Å². The number of halogens is 2. The van der Waals surface area contributed by atoms with Crippen LogP contribution in [-0.4, -0.2) is 33.8 Å². The Morgan fingerprint density at radius 2 is 2.00 bits per heavy atom. The molecule has 1 unspecified atom stereocenters. The van der Waals surface area contributed by atoms with Gasteiger partial charge in [0.05, 0.1) is 19.5 Å². The molecular weight excluding hydrogens is 439 g/mol. The number of carbonyl (C=O) groups is 1. The summed E-state index contributed by atoms with van der Waals surface area (Å²) in [4.78, 5) is 15.4. The average Bonchev–Trinajstić information content (AvgIpc) is 3.24. The predicted molar refractivity (Wildman–Crippen MR) is 120 cm³/mol. The van der Waals surface area contributed by atoms with Gasteiger partial charge in [-0.1, -0.05) is 41.4 Å². The lowest BCUT2D eigenvalue weighted by molar-refractivity contribution is -0.137. The van der Waals surface area contributed by atoms with Crippen LogP contribution in [0.2, 0.25) is 10.0 Å². The van der Waals surface area contributed by atoms with Crippen LogP contribution in [0, 0.1) is 0 Å². The summed E-state index contributed by atoms with van der Waals surface area (Å²) in [7, 11) is 0. The smallest absolute Gasteiger partial charge is 0.330 e. The van der Waals surface area contributed by atoms with Crippen LogP contribution in [0.5, 0.6) is 5.75 Å². The maximum atomic E-state index is 11.5. The fourth-order valence-corrected chi connectivity index (χ4v) is 3.57. The molecule has 0 saturated heterocycles. The summed E-state index contributed by atoms with van der Waals surface area (Å²) in [6.45, 7) is 2.22. The Bertz CT molecular complexity index is 1040. The quantitative estimate of drug-likeness (QED) is 0.368. The topological polar surface area (TPSA) is 73.6 Å². The molecule has 0 aliphatic rings. The molecule has 0 aliphatic heterocycles. The largest absolute Gasteiger partial charge is 0.490 e. The molecule has 0 amide bonds.